The molecule has 0 N–H and O–H groups in total. The van der Waals surface area contributed by atoms with Gasteiger partial charge in [-0.05, 0) is 65.2 Å². The normalized spacial score (nSPS) is 10.8. The molecule has 0 aliphatic heterocycles. The summed E-state index contributed by atoms with van der Waals surface area (Å²) < 4.78 is 20.4. The summed E-state index contributed by atoms with van der Waals surface area (Å²) in [7, 11) is 1.45. The van der Waals surface area contributed by atoms with Gasteiger partial charge >= 0.3 is 0 Å². The molecule has 3 rings (SSSR count). The summed E-state index contributed by atoms with van der Waals surface area (Å²) in [4.78, 5) is 0. The van der Waals surface area contributed by atoms with Crippen LogP contribution in [0.15, 0.2) is 41.6 Å². The molecule has 1 heterocycles. The second-order valence-electron chi connectivity index (χ2n) is 5.40. The van der Waals surface area contributed by atoms with Crippen LogP contribution in [-0.2, 0) is 5.75 Å². The maximum atomic E-state index is 13.8. The number of nitrogens with zero attached hydrogens (tertiary/aromatic N) is 4. The molecule has 0 saturated heterocycles. The van der Waals surface area contributed by atoms with E-state index in [1.807, 2.05) is 24.3 Å². The minimum Gasteiger partial charge on any atom is -0.494 e. The van der Waals surface area contributed by atoms with Crippen LogP contribution < -0.4 is 4.74 Å². The van der Waals surface area contributed by atoms with Gasteiger partial charge in [0.05, 0.1) is 12.8 Å². The average molecular weight is 344 g/mol. The summed E-state index contributed by atoms with van der Waals surface area (Å²) in [6.45, 7) is 4.11. The fourth-order valence-corrected chi connectivity index (χ4v) is 3.07. The Labute approximate surface area is 143 Å². The lowest BCUT2D eigenvalue weighted by Gasteiger charge is -2.07. The van der Waals surface area contributed by atoms with Crippen LogP contribution in [0.2, 0.25) is 0 Å². The highest BCUT2D eigenvalue weighted by Crippen LogP contribution is 2.25. The van der Waals surface area contributed by atoms with Crippen molar-refractivity contribution in [1.29, 1.82) is 0 Å². The summed E-state index contributed by atoms with van der Waals surface area (Å²) in [5.41, 5.74) is 4.14. The Morgan fingerprint density at radius 2 is 1.96 bits per heavy atom. The van der Waals surface area contributed by atoms with E-state index in [2.05, 4.69) is 29.4 Å². The highest BCUT2D eigenvalue weighted by molar-refractivity contribution is 7.98. The summed E-state index contributed by atoms with van der Waals surface area (Å²) in [5, 5.41) is 12.5. The zero-order valence-corrected chi connectivity index (χ0v) is 14.5. The number of tetrazole rings is 1. The number of hydrogen-bond acceptors (Lipinski definition) is 5. The molecule has 0 saturated carbocycles. The van der Waals surface area contributed by atoms with Crippen LogP contribution in [0, 0.1) is 19.7 Å². The van der Waals surface area contributed by atoms with E-state index in [0.717, 1.165) is 11.3 Å². The molecule has 0 atom stereocenters. The Bertz CT molecular complexity index is 866. The van der Waals surface area contributed by atoms with Gasteiger partial charge in [-0.15, -0.1) is 5.10 Å². The van der Waals surface area contributed by atoms with E-state index in [4.69, 9.17) is 4.74 Å². The second-order valence-corrected chi connectivity index (χ2v) is 6.34. The average Bonchev–Trinajstić information content (AvgIpc) is 3.04. The Balaban J connectivity index is 1.78. The monoisotopic (exact) mass is 344 g/mol. The third kappa shape index (κ3) is 3.41. The van der Waals surface area contributed by atoms with Gasteiger partial charge in [-0.1, -0.05) is 23.9 Å². The van der Waals surface area contributed by atoms with Gasteiger partial charge in [0.15, 0.2) is 11.6 Å². The molecule has 3 aromatic rings. The van der Waals surface area contributed by atoms with Crippen molar-refractivity contribution in [2.45, 2.75) is 24.8 Å². The first kappa shape index (κ1) is 16.4. The topological polar surface area (TPSA) is 52.8 Å². The lowest BCUT2D eigenvalue weighted by atomic mass is 10.1. The van der Waals surface area contributed by atoms with E-state index in [0.29, 0.717) is 10.9 Å². The molecule has 0 aliphatic rings. The molecule has 0 fully saturated rings. The number of aromatic nitrogens is 4. The number of thioether (sulfide) groups is 1. The number of benzene rings is 2. The molecule has 5 nitrogen and oxygen atoms in total. The predicted octanol–water partition coefficient (Wildman–Crippen LogP) is 3.72. The smallest absolute Gasteiger partial charge is 0.214 e. The maximum Gasteiger partial charge on any atom is 0.214 e. The molecule has 0 unspecified atom stereocenters. The van der Waals surface area contributed by atoms with Crippen molar-refractivity contribution >= 4 is 11.8 Å². The second kappa shape index (κ2) is 7.00. The lowest BCUT2D eigenvalue weighted by Crippen LogP contribution is -2.00. The van der Waals surface area contributed by atoms with E-state index in [-0.39, 0.29) is 11.6 Å². The third-order valence-corrected chi connectivity index (χ3v) is 4.75. The van der Waals surface area contributed by atoms with Crippen molar-refractivity contribution in [3.8, 4) is 11.4 Å². The third-order valence-electron chi connectivity index (χ3n) is 3.76. The molecule has 0 amide bonds. The minimum absolute atomic E-state index is 0.240. The SMILES string of the molecule is COc1ccc(CSc2nnnn2-c2ccc(C)c(C)c2)cc1F. The van der Waals surface area contributed by atoms with Gasteiger partial charge < -0.3 is 4.74 Å². The number of ether oxygens (including phenoxy) is 1. The first-order chi connectivity index (χ1) is 11.6. The van der Waals surface area contributed by atoms with Crippen molar-refractivity contribution in [3.63, 3.8) is 0 Å². The molecule has 1 aromatic heterocycles. The van der Waals surface area contributed by atoms with Gasteiger partial charge in [-0.2, -0.15) is 4.68 Å². The largest absolute Gasteiger partial charge is 0.494 e. The number of methoxy groups -OCH3 is 1. The Morgan fingerprint density at radius 1 is 1.12 bits per heavy atom. The molecular formula is C17H17FN4OS. The number of aryl methyl sites for hydroxylation is 2. The molecular weight excluding hydrogens is 327 g/mol. The van der Waals surface area contributed by atoms with Gasteiger partial charge in [0, 0.05) is 5.75 Å². The van der Waals surface area contributed by atoms with Crippen LogP contribution in [0.1, 0.15) is 16.7 Å². The Kier molecular flexibility index (Phi) is 4.80. The standard InChI is InChI=1S/C17H17FN4OS/c1-11-4-6-14(8-12(11)2)22-17(19-20-21-22)24-10-13-5-7-16(23-3)15(18)9-13/h4-9H,10H2,1-3H3. The fraction of sp³-hybridized carbons (Fsp3) is 0.235. The van der Waals surface area contributed by atoms with Crippen molar-refractivity contribution in [1.82, 2.24) is 20.2 Å². The summed E-state index contributed by atoms with van der Waals surface area (Å²) in [5.74, 6) is 0.430. The van der Waals surface area contributed by atoms with Gasteiger partial charge in [0.1, 0.15) is 0 Å². The zero-order valence-electron chi connectivity index (χ0n) is 13.7. The van der Waals surface area contributed by atoms with Gasteiger partial charge in [-0.3, -0.25) is 0 Å². The van der Waals surface area contributed by atoms with Crippen molar-refractivity contribution in [3.05, 3.63) is 58.9 Å². The van der Waals surface area contributed by atoms with E-state index >= 15 is 0 Å². The molecule has 7 heteroatoms. The van der Waals surface area contributed by atoms with E-state index in [9.17, 15) is 4.39 Å². The molecule has 0 aliphatic carbocycles. The maximum absolute atomic E-state index is 13.8. The van der Waals surface area contributed by atoms with Crippen molar-refractivity contribution in [2.24, 2.45) is 0 Å². The quantitative estimate of drug-likeness (QED) is 0.660. The number of rotatable bonds is 5. The Morgan fingerprint density at radius 3 is 2.67 bits per heavy atom. The van der Waals surface area contributed by atoms with Crippen LogP contribution in [0.4, 0.5) is 4.39 Å². The first-order valence-electron chi connectivity index (χ1n) is 7.39. The highest BCUT2D eigenvalue weighted by Gasteiger charge is 2.11. The van der Waals surface area contributed by atoms with Gasteiger partial charge in [0.2, 0.25) is 5.16 Å². The summed E-state index contributed by atoms with van der Waals surface area (Å²) >= 11 is 1.45. The first-order valence-corrected chi connectivity index (χ1v) is 8.38. The van der Waals surface area contributed by atoms with E-state index in [1.165, 1.54) is 36.1 Å². The summed E-state index contributed by atoms with van der Waals surface area (Å²) in [6.07, 6.45) is 0. The predicted molar refractivity (Wildman–Crippen MR) is 91.1 cm³/mol. The van der Waals surface area contributed by atoms with Crippen molar-refractivity contribution in [2.75, 3.05) is 7.11 Å². The van der Waals surface area contributed by atoms with Crippen LogP contribution in [0.5, 0.6) is 5.75 Å². The van der Waals surface area contributed by atoms with Crippen LogP contribution in [-0.4, -0.2) is 27.3 Å². The van der Waals surface area contributed by atoms with Crippen molar-refractivity contribution < 1.29 is 9.13 Å². The fourth-order valence-electron chi connectivity index (χ4n) is 2.24. The van der Waals surface area contributed by atoms with E-state index < -0.39 is 0 Å². The molecule has 0 radical (unpaired) electrons. The molecule has 124 valence electrons. The molecule has 0 bridgehead atoms. The highest BCUT2D eigenvalue weighted by atomic mass is 32.2. The zero-order chi connectivity index (χ0) is 17.1. The van der Waals surface area contributed by atoms with Crippen LogP contribution in [0.3, 0.4) is 0 Å². The number of halogens is 1. The lowest BCUT2D eigenvalue weighted by molar-refractivity contribution is 0.386. The Hall–Kier alpha value is -2.41. The summed E-state index contributed by atoms with van der Waals surface area (Å²) in [6, 6.07) is 11.0. The molecule has 0 spiro atoms. The van der Waals surface area contributed by atoms with Gasteiger partial charge in [-0.25, -0.2) is 4.39 Å². The van der Waals surface area contributed by atoms with Gasteiger partial charge in [0.25, 0.3) is 0 Å². The van der Waals surface area contributed by atoms with Crippen LogP contribution >= 0.6 is 11.8 Å². The molecule has 24 heavy (non-hydrogen) atoms. The van der Waals surface area contributed by atoms with Crippen LogP contribution in [0.25, 0.3) is 5.69 Å². The molecule has 2 aromatic carbocycles. The minimum atomic E-state index is -0.371. The number of hydrogen-bond donors (Lipinski definition) is 0. The van der Waals surface area contributed by atoms with E-state index in [1.54, 1.807) is 10.7 Å².